The van der Waals surface area contributed by atoms with Gasteiger partial charge in [0.1, 0.15) is 11.4 Å². The highest BCUT2D eigenvalue weighted by molar-refractivity contribution is 6.33. The molecule has 0 amide bonds. The standard InChI is InChI=1S/C19H20ClNO3/c1-3-5-15(20)19(21-2)17(23)9-8-16(22)13-7-10-18-14(12-13)6-4-11-24-18/h3,5,7,10,12H,2,4,6,8-9,11H2,1H3/b5-3-,19-15+. The van der Waals surface area contributed by atoms with Crippen LogP contribution < -0.4 is 4.74 Å². The number of aryl methyl sites for hydroxylation is 1. The third kappa shape index (κ3) is 4.42. The van der Waals surface area contributed by atoms with E-state index in [4.69, 9.17) is 16.3 Å². The molecule has 0 N–H and O–H groups in total. The van der Waals surface area contributed by atoms with Gasteiger partial charge in [0, 0.05) is 18.4 Å². The summed E-state index contributed by atoms with van der Waals surface area (Å²) in [5, 5.41) is 0.232. The number of hydrogen-bond donors (Lipinski definition) is 0. The van der Waals surface area contributed by atoms with E-state index in [2.05, 4.69) is 11.7 Å². The number of allylic oxidation sites excluding steroid dienone is 4. The van der Waals surface area contributed by atoms with Crippen molar-refractivity contribution < 1.29 is 14.3 Å². The number of halogens is 1. The van der Waals surface area contributed by atoms with Crippen molar-refractivity contribution in [2.45, 2.75) is 32.6 Å². The molecule has 24 heavy (non-hydrogen) atoms. The second-order valence-corrected chi connectivity index (χ2v) is 5.88. The fourth-order valence-electron chi connectivity index (χ4n) is 2.55. The first-order valence-electron chi connectivity index (χ1n) is 7.88. The molecule has 0 unspecified atom stereocenters. The molecule has 2 rings (SSSR count). The summed E-state index contributed by atoms with van der Waals surface area (Å²) in [6.45, 7) is 5.88. The molecule has 0 radical (unpaired) electrons. The van der Waals surface area contributed by atoms with Crippen LogP contribution >= 0.6 is 11.6 Å². The number of aliphatic imine (C=N–C) groups is 1. The Labute approximate surface area is 146 Å². The number of benzene rings is 1. The van der Waals surface area contributed by atoms with E-state index in [-0.39, 0.29) is 35.1 Å². The van der Waals surface area contributed by atoms with Crippen molar-refractivity contribution in [2.24, 2.45) is 4.99 Å². The van der Waals surface area contributed by atoms with Crippen LogP contribution in [0.4, 0.5) is 0 Å². The molecule has 4 nitrogen and oxygen atoms in total. The molecule has 0 aliphatic carbocycles. The van der Waals surface area contributed by atoms with Gasteiger partial charge in [-0.25, -0.2) is 0 Å². The van der Waals surface area contributed by atoms with E-state index in [0.717, 1.165) is 24.2 Å². The molecule has 0 bridgehead atoms. The predicted molar refractivity (Wildman–Crippen MR) is 96.1 cm³/mol. The Morgan fingerprint density at radius 3 is 2.88 bits per heavy atom. The van der Waals surface area contributed by atoms with Gasteiger partial charge in [0.05, 0.1) is 11.6 Å². The fourth-order valence-corrected chi connectivity index (χ4v) is 2.84. The zero-order chi connectivity index (χ0) is 17.5. The summed E-state index contributed by atoms with van der Waals surface area (Å²) in [7, 11) is 0. The van der Waals surface area contributed by atoms with Crippen LogP contribution in [-0.2, 0) is 11.2 Å². The number of ether oxygens (including phenoxy) is 1. The fraction of sp³-hybridized carbons (Fsp3) is 0.316. The minimum absolute atomic E-state index is 0.0501. The maximum atomic E-state index is 12.3. The van der Waals surface area contributed by atoms with Gasteiger partial charge in [0.25, 0.3) is 0 Å². The lowest BCUT2D eigenvalue weighted by Crippen LogP contribution is -2.11. The Hall–Kier alpha value is -2.20. The highest BCUT2D eigenvalue weighted by Gasteiger charge is 2.17. The Balaban J connectivity index is 2.04. The third-order valence-electron chi connectivity index (χ3n) is 3.77. The second kappa shape index (κ2) is 8.60. The Kier molecular flexibility index (Phi) is 6.50. The van der Waals surface area contributed by atoms with Crippen molar-refractivity contribution >= 4 is 29.9 Å². The highest BCUT2D eigenvalue weighted by atomic mass is 35.5. The molecule has 0 saturated heterocycles. The van der Waals surface area contributed by atoms with E-state index in [1.807, 2.05) is 12.1 Å². The molecule has 1 aliphatic heterocycles. The summed E-state index contributed by atoms with van der Waals surface area (Å²) in [5.41, 5.74) is 1.74. The van der Waals surface area contributed by atoms with Gasteiger partial charge in [-0.15, -0.1) is 0 Å². The van der Waals surface area contributed by atoms with Gasteiger partial charge in [-0.1, -0.05) is 17.7 Å². The molecular weight excluding hydrogens is 326 g/mol. The van der Waals surface area contributed by atoms with Crippen LogP contribution in [0.5, 0.6) is 5.75 Å². The first kappa shape index (κ1) is 18.1. The SMILES string of the molecule is C=N/C(C(=O)CCC(=O)c1ccc2c(c1)CCCO2)=C(Cl)\C=C/C. The van der Waals surface area contributed by atoms with E-state index in [9.17, 15) is 9.59 Å². The highest BCUT2D eigenvalue weighted by Crippen LogP contribution is 2.26. The quantitative estimate of drug-likeness (QED) is 0.321. The lowest BCUT2D eigenvalue weighted by Gasteiger charge is -2.17. The van der Waals surface area contributed by atoms with Crippen molar-refractivity contribution in [3.8, 4) is 5.75 Å². The minimum Gasteiger partial charge on any atom is -0.493 e. The van der Waals surface area contributed by atoms with Gasteiger partial charge in [-0.2, -0.15) is 0 Å². The molecule has 1 aromatic carbocycles. The Morgan fingerprint density at radius 2 is 2.17 bits per heavy atom. The molecule has 126 valence electrons. The maximum absolute atomic E-state index is 12.3. The van der Waals surface area contributed by atoms with Crippen molar-refractivity contribution in [1.29, 1.82) is 0 Å². The molecule has 0 spiro atoms. The molecule has 1 heterocycles. The van der Waals surface area contributed by atoms with Crippen molar-refractivity contribution in [3.05, 3.63) is 52.2 Å². The average Bonchev–Trinajstić information content (AvgIpc) is 2.60. The molecule has 0 fully saturated rings. The normalized spacial score (nSPS) is 14.6. The van der Waals surface area contributed by atoms with Gasteiger partial charge in [-0.05, 0) is 56.3 Å². The molecular formula is C19H20ClNO3. The van der Waals surface area contributed by atoms with Crippen LogP contribution in [0, 0.1) is 0 Å². The Morgan fingerprint density at radius 1 is 1.38 bits per heavy atom. The lowest BCUT2D eigenvalue weighted by molar-refractivity contribution is -0.115. The number of Topliss-reactive ketones (excluding diaryl/α,β-unsaturated/α-hetero) is 2. The van der Waals surface area contributed by atoms with Crippen molar-refractivity contribution in [1.82, 2.24) is 0 Å². The minimum atomic E-state index is -0.289. The number of fused-ring (bicyclic) bond motifs is 1. The van der Waals surface area contributed by atoms with Crippen LogP contribution in [0.2, 0.25) is 0 Å². The Bertz CT molecular complexity index is 719. The smallest absolute Gasteiger partial charge is 0.183 e. The summed E-state index contributed by atoms with van der Waals surface area (Å²) in [4.78, 5) is 28.2. The maximum Gasteiger partial charge on any atom is 0.183 e. The molecule has 0 aromatic heterocycles. The van der Waals surface area contributed by atoms with Crippen molar-refractivity contribution in [2.75, 3.05) is 6.61 Å². The van der Waals surface area contributed by atoms with Crippen molar-refractivity contribution in [3.63, 3.8) is 0 Å². The van der Waals surface area contributed by atoms with Gasteiger partial charge in [0.15, 0.2) is 11.6 Å². The largest absolute Gasteiger partial charge is 0.493 e. The molecule has 5 heteroatoms. The summed E-state index contributed by atoms with van der Waals surface area (Å²) >= 11 is 5.99. The molecule has 0 atom stereocenters. The van der Waals surface area contributed by atoms with Crippen LogP contribution in [-0.4, -0.2) is 24.9 Å². The lowest BCUT2D eigenvalue weighted by atomic mass is 9.98. The van der Waals surface area contributed by atoms with E-state index >= 15 is 0 Å². The molecule has 1 aromatic rings. The van der Waals surface area contributed by atoms with Gasteiger partial charge in [0.2, 0.25) is 0 Å². The van der Waals surface area contributed by atoms with Gasteiger partial charge in [-0.3, -0.25) is 14.6 Å². The number of carbonyl (C=O) groups is 2. The topological polar surface area (TPSA) is 55.7 Å². The monoisotopic (exact) mass is 345 g/mol. The average molecular weight is 346 g/mol. The van der Waals surface area contributed by atoms with Crippen LogP contribution in [0.15, 0.2) is 46.1 Å². The predicted octanol–water partition coefficient (Wildman–Crippen LogP) is 4.27. The zero-order valence-electron chi connectivity index (χ0n) is 13.7. The first-order chi connectivity index (χ1) is 11.6. The zero-order valence-corrected chi connectivity index (χ0v) is 14.4. The number of rotatable bonds is 7. The first-order valence-corrected chi connectivity index (χ1v) is 8.26. The number of nitrogens with zero attached hydrogens (tertiary/aromatic N) is 1. The number of ketones is 2. The van der Waals surface area contributed by atoms with E-state index < -0.39 is 0 Å². The van der Waals surface area contributed by atoms with E-state index in [1.54, 1.807) is 25.1 Å². The van der Waals surface area contributed by atoms with Crippen LogP contribution in [0.3, 0.4) is 0 Å². The second-order valence-electron chi connectivity index (χ2n) is 5.48. The third-order valence-corrected chi connectivity index (χ3v) is 4.08. The van der Waals surface area contributed by atoms with Crippen LogP contribution in [0.1, 0.15) is 42.1 Å². The van der Waals surface area contributed by atoms with E-state index in [0.29, 0.717) is 12.2 Å². The van der Waals surface area contributed by atoms with Gasteiger partial charge < -0.3 is 4.74 Å². The number of carbonyl (C=O) groups excluding carboxylic acids is 2. The molecule has 0 saturated carbocycles. The van der Waals surface area contributed by atoms with E-state index in [1.165, 1.54) is 0 Å². The summed E-state index contributed by atoms with van der Waals surface area (Å²) < 4.78 is 5.54. The summed E-state index contributed by atoms with van der Waals surface area (Å²) in [5.74, 6) is 0.470. The molecule has 1 aliphatic rings. The summed E-state index contributed by atoms with van der Waals surface area (Å²) in [6.07, 6.45) is 5.30. The van der Waals surface area contributed by atoms with Gasteiger partial charge >= 0.3 is 0 Å². The summed E-state index contributed by atoms with van der Waals surface area (Å²) in [6, 6.07) is 5.42. The number of hydrogen-bond acceptors (Lipinski definition) is 4. The van der Waals surface area contributed by atoms with Crippen LogP contribution in [0.25, 0.3) is 0 Å².